The lowest BCUT2D eigenvalue weighted by Crippen LogP contribution is -2.51. The van der Waals surface area contributed by atoms with E-state index < -0.39 is 0 Å². The van der Waals surface area contributed by atoms with Crippen LogP contribution in [0.4, 0.5) is 11.5 Å². The van der Waals surface area contributed by atoms with Crippen LogP contribution in [0.3, 0.4) is 0 Å². The van der Waals surface area contributed by atoms with Gasteiger partial charge in [0.1, 0.15) is 17.1 Å². The summed E-state index contributed by atoms with van der Waals surface area (Å²) in [6.07, 6.45) is 10.1. The molecule has 2 N–H and O–H groups in total. The first-order valence-electron chi connectivity index (χ1n) is 18.8. The maximum Gasteiger partial charge on any atom is 0.273 e. The van der Waals surface area contributed by atoms with E-state index in [9.17, 15) is 4.79 Å². The minimum Gasteiger partial charge on any atom is -0.494 e. The second-order valence-corrected chi connectivity index (χ2v) is 15.1. The van der Waals surface area contributed by atoms with Crippen molar-refractivity contribution in [1.82, 2.24) is 19.8 Å². The number of H-pyrrole nitrogens is 1. The Hall–Kier alpha value is -4.76. The summed E-state index contributed by atoms with van der Waals surface area (Å²) in [7, 11) is 1.62. The third-order valence-electron chi connectivity index (χ3n) is 11.1. The maximum absolute atomic E-state index is 14.9. The Morgan fingerprint density at radius 2 is 1.69 bits per heavy atom. The van der Waals surface area contributed by atoms with Gasteiger partial charge in [-0.15, -0.1) is 0 Å². The van der Waals surface area contributed by atoms with E-state index in [1.807, 2.05) is 66.9 Å². The summed E-state index contributed by atoms with van der Waals surface area (Å²) in [5, 5.41) is 5.34. The number of methoxy groups -OCH3 is 1. The van der Waals surface area contributed by atoms with E-state index in [0.29, 0.717) is 39.0 Å². The van der Waals surface area contributed by atoms with Crippen LogP contribution < -0.4 is 15.0 Å². The Morgan fingerprint density at radius 3 is 2.37 bits per heavy atom. The van der Waals surface area contributed by atoms with Crippen LogP contribution in [0.2, 0.25) is 10.0 Å². The highest BCUT2D eigenvalue weighted by Gasteiger charge is 2.31. The Labute approximate surface area is 328 Å². The van der Waals surface area contributed by atoms with Crippen LogP contribution in [-0.4, -0.2) is 65.0 Å². The van der Waals surface area contributed by atoms with Crippen LogP contribution in [0, 0.1) is 0 Å². The van der Waals surface area contributed by atoms with E-state index in [2.05, 4.69) is 57.6 Å². The number of carbonyl (C=O) groups excluding carboxylic acids is 1. The molecule has 5 aromatic rings. The monoisotopic (exact) mass is 762 g/mol. The number of hydrogen-bond acceptors (Lipinski definition) is 6. The molecular weight excluding hydrogens is 715 g/mol. The largest absolute Gasteiger partial charge is 0.494 e. The number of ether oxygens (including phenoxy) is 1. The molecule has 1 unspecified atom stereocenters. The first kappa shape index (κ1) is 37.6. The quantitative estimate of drug-likeness (QED) is 0.140. The van der Waals surface area contributed by atoms with Gasteiger partial charge >= 0.3 is 0 Å². The first-order valence-corrected chi connectivity index (χ1v) is 19.6. The van der Waals surface area contributed by atoms with Gasteiger partial charge in [0.15, 0.2) is 5.82 Å². The molecule has 0 spiro atoms. The summed E-state index contributed by atoms with van der Waals surface area (Å²) in [6, 6.07) is 26.0. The van der Waals surface area contributed by atoms with Gasteiger partial charge in [0.25, 0.3) is 5.91 Å². The lowest BCUT2D eigenvalue weighted by atomic mass is 9.94. The number of piperazine rings is 1. The Balaban J connectivity index is 1.32. The topological polar surface area (TPSA) is 76.7 Å². The van der Waals surface area contributed by atoms with Crippen LogP contribution >= 0.6 is 23.2 Å². The third-order valence-corrected chi connectivity index (χ3v) is 11.6. The number of aromatic nitrogens is 2. The van der Waals surface area contributed by atoms with Gasteiger partial charge in [-0.25, -0.2) is 4.98 Å². The number of carbonyl (C=O) groups is 1. The number of nitrogens with zero attached hydrogens (tertiary/aromatic N) is 4. The van der Waals surface area contributed by atoms with Crippen molar-refractivity contribution >= 4 is 62.8 Å². The minimum absolute atomic E-state index is 0.168. The Morgan fingerprint density at radius 1 is 0.981 bits per heavy atom. The highest BCUT2D eigenvalue weighted by molar-refractivity contribution is 6.31. The van der Waals surface area contributed by atoms with Crippen molar-refractivity contribution in [2.75, 3.05) is 43.5 Å². The van der Waals surface area contributed by atoms with E-state index in [1.165, 1.54) is 32.1 Å². The summed E-state index contributed by atoms with van der Waals surface area (Å²) in [5.41, 5.74) is 6.24. The molecule has 2 aromatic heterocycles. The molecule has 54 heavy (non-hydrogen) atoms. The van der Waals surface area contributed by atoms with Crippen LogP contribution in [0.15, 0.2) is 97.8 Å². The summed E-state index contributed by atoms with van der Waals surface area (Å²) >= 11 is 12.9. The molecule has 1 atom stereocenters. The summed E-state index contributed by atoms with van der Waals surface area (Å²) < 4.78 is 5.86. The van der Waals surface area contributed by atoms with Gasteiger partial charge in [-0.2, -0.15) is 0 Å². The SMILES string of the molecule is C=CN(/C(=C(\C)c1ccccc1)c1c(C(=O)Nc2c(OC)ccnc2N2CCN(C3CCCCC3)CC2)[nH]c2cc(Cl)ccc12)C(C)c1ccc(Cl)cc1. The fourth-order valence-corrected chi connectivity index (χ4v) is 8.45. The van der Waals surface area contributed by atoms with Gasteiger partial charge in [0, 0.05) is 71.0 Å². The molecule has 280 valence electrons. The number of amides is 1. The molecule has 1 amide bonds. The van der Waals surface area contributed by atoms with Crippen molar-refractivity contribution in [3.05, 3.63) is 130 Å². The number of hydrogen-bond donors (Lipinski definition) is 2. The molecule has 1 aliphatic heterocycles. The number of rotatable bonds is 11. The van der Waals surface area contributed by atoms with Crippen LogP contribution in [0.1, 0.15) is 79.2 Å². The molecule has 1 saturated heterocycles. The fraction of sp³-hybridized carbons (Fsp3) is 0.318. The molecule has 1 aliphatic carbocycles. The van der Waals surface area contributed by atoms with Crippen molar-refractivity contribution in [3.63, 3.8) is 0 Å². The number of benzene rings is 3. The van der Waals surface area contributed by atoms with E-state index in [-0.39, 0.29) is 11.9 Å². The smallest absolute Gasteiger partial charge is 0.273 e. The van der Waals surface area contributed by atoms with Crippen molar-refractivity contribution in [3.8, 4) is 5.75 Å². The van der Waals surface area contributed by atoms with Crippen LogP contribution in [0.5, 0.6) is 5.75 Å². The normalized spacial score (nSPS) is 16.5. The van der Waals surface area contributed by atoms with Gasteiger partial charge < -0.3 is 24.8 Å². The lowest BCUT2D eigenvalue weighted by molar-refractivity contribution is 0.102. The van der Waals surface area contributed by atoms with Crippen LogP contribution in [-0.2, 0) is 0 Å². The van der Waals surface area contributed by atoms with E-state index in [1.54, 1.807) is 19.4 Å². The summed E-state index contributed by atoms with van der Waals surface area (Å²) in [6.45, 7) is 12.0. The molecule has 10 heteroatoms. The molecule has 3 heterocycles. The first-order chi connectivity index (χ1) is 26.3. The zero-order valence-electron chi connectivity index (χ0n) is 31.2. The number of anilines is 2. The molecule has 2 aliphatic rings. The molecule has 0 bridgehead atoms. The number of aromatic amines is 1. The van der Waals surface area contributed by atoms with Gasteiger partial charge in [-0.05, 0) is 73.9 Å². The van der Waals surface area contributed by atoms with E-state index >= 15 is 0 Å². The third kappa shape index (κ3) is 7.74. The van der Waals surface area contributed by atoms with Crippen LogP contribution in [0.25, 0.3) is 22.2 Å². The lowest BCUT2D eigenvalue weighted by Gasteiger charge is -2.41. The number of fused-ring (bicyclic) bond motifs is 1. The van der Waals surface area contributed by atoms with Gasteiger partial charge in [-0.1, -0.05) is 97.6 Å². The average Bonchev–Trinajstić information content (AvgIpc) is 3.58. The number of pyridine rings is 1. The Bertz CT molecular complexity index is 2130. The highest BCUT2D eigenvalue weighted by Crippen LogP contribution is 2.42. The molecule has 8 nitrogen and oxygen atoms in total. The molecule has 0 radical (unpaired) electrons. The second kappa shape index (κ2) is 16.7. The van der Waals surface area contributed by atoms with Gasteiger partial charge in [0.2, 0.25) is 0 Å². The standard InChI is InChI=1S/C44H48Cl2N6O2/c1-5-52(30(3)32-16-18-33(45)19-17-32)42(29(2)31-12-8-6-9-13-31)39-36-21-20-34(46)28-37(36)48-41(39)44(53)49-40-38(54-4)22-23-47-43(40)51-26-24-50(25-27-51)35-14-10-7-11-15-35/h5-6,8-9,12-13,16-23,28,30,35,48H,1,7,10-11,14-15,24-27H2,2-4H3,(H,49,53)/b42-29+. The second-order valence-electron chi connectivity index (χ2n) is 14.2. The summed E-state index contributed by atoms with van der Waals surface area (Å²) in [5.74, 6) is 0.920. The zero-order valence-corrected chi connectivity index (χ0v) is 32.8. The fourth-order valence-electron chi connectivity index (χ4n) is 8.15. The zero-order chi connectivity index (χ0) is 37.8. The number of nitrogens with one attached hydrogen (secondary N) is 2. The predicted octanol–water partition coefficient (Wildman–Crippen LogP) is 10.7. The van der Waals surface area contributed by atoms with Gasteiger partial charge in [-0.3, -0.25) is 9.69 Å². The molecule has 7 rings (SSSR count). The predicted molar refractivity (Wildman–Crippen MR) is 224 cm³/mol. The Kier molecular flexibility index (Phi) is 11.6. The minimum atomic E-state index is -0.327. The van der Waals surface area contributed by atoms with E-state index in [0.717, 1.165) is 65.0 Å². The number of halogens is 2. The van der Waals surface area contributed by atoms with Crippen molar-refractivity contribution < 1.29 is 9.53 Å². The van der Waals surface area contributed by atoms with Gasteiger partial charge in [0.05, 0.1) is 18.8 Å². The molecular formula is C44H48Cl2N6O2. The van der Waals surface area contributed by atoms with Crippen molar-refractivity contribution in [2.45, 2.75) is 58.0 Å². The highest BCUT2D eigenvalue weighted by atomic mass is 35.5. The average molecular weight is 764 g/mol. The maximum atomic E-state index is 14.9. The van der Waals surface area contributed by atoms with E-state index in [4.69, 9.17) is 32.9 Å². The number of allylic oxidation sites excluding steroid dienone is 1. The van der Waals surface area contributed by atoms with Crippen molar-refractivity contribution in [2.24, 2.45) is 0 Å². The molecule has 3 aromatic carbocycles. The van der Waals surface area contributed by atoms with Crippen molar-refractivity contribution in [1.29, 1.82) is 0 Å². The molecule has 1 saturated carbocycles. The summed E-state index contributed by atoms with van der Waals surface area (Å²) in [4.78, 5) is 30.3. The molecule has 2 fully saturated rings.